The molecule has 6 rings (SSSR count). The number of carbonyl (C=O) groups is 3. The smallest absolute Gasteiger partial charge is 0.475 e. The molecular formula is C30H30ClF4N5O4S. The maximum Gasteiger partial charge on any atom is 0.490 e. The number of carbonyl (C=O) groups excluding carboxylic acids is 2. The van der Waals surface area contributed by atoms with Crippen molar-refractivity contribution in [1.29, 1.82) is 0 Å². The van der Waals surface area contributed by atoms with Crippen LogP contribution in [0.4, 0.5) is 17.6 Å². The minimum Gasteiger partial charge on any atom is -0.475 e. The number of carboxylic acids is 1. The van der Waals surface area contributed by atoms with Gasteiger partial charge >= 0.3 is 12.1 Å². The van der Waals surface area contributed by atoms with E-state index >= 15 is 4.39 Å². The Kier molecular flexibility index (Phi) is 9.49. The predicted molar refractivity (Wildman–Crippen MR) is 163 cm³/mol. The summed E-state index contributed by atoms with van der Waals surface area (Å²) >= 11 is 8.08. The number of likely N-dealkylation sites (N-methyl/N-ethyl adjacent to an activating group) is 1. The van der Waals surface area contributed by atoms with E-state index in [0.29, 0.717) is 37.5 Å². The van der Waals surface area contributed by atoms with Crippen LogP contribution in [0.5, 0.6) is 0 Å². The number of aromatic nitrogens is 2. The monoisotopic (exact) mass is 667 g/mol. The number of amides is 2. The Labute approximate surface area is 264 Å². The lowest BCUT2D eigenvalue weighted by atomic mass is 9.94. The van der Waals surface area contributed by atoms with E-state index in [-0.39, 0.29) is 38.0 Å². The molecular weight excluding hydrogens is 638 g/mol. The molecule has 5 heterocycles. The van der Waals surface area contributed by atoms with E-state index in [1.165, 1.54) is 16.2 Å². The highest BCUT2D eigenvalue weighted by Gasteiger charge is 2.38. The van der Waals surface area contributed by atoms with Crippen LogP contribution in [0, 0.1) is 0 Å². The van der Waals surface area contributed by atoms with Crippen molar-refractivity contribution in [2.24, 2.45) is 0 Å². The SMILES string of the molecule is CCN1CC(=O)N(Cc2cc3nccc(-c4cc(Cl)cc5ccn(CC6(F)CCNCC6)c45)c3s2)C(=O)C1.O=C(O)C(F)(F)F. The van der Waals surface area contributed by atoms with E-state index in [4.69, 9.17) is 21.5 Å². The van der Waals surface area contributed by atoms with E-state index in [9.17, 15) is 22.8 Å². The van der Waals surface area contributed by atoms with Crippen molar-refractivity contribution < 1.29 is 37.1 Å². The van der Waals surface area contributed by atoms with Crippen molar-refractivity contribution in [3.8, 4) is 11.1 Å². The molecule has 0 bridgehead atoms. The molecule has 2 N–H and O–H groups in total. The van der Waals surface area contributed by atoms with Gasteiger partial charge in [0.2, 0.25) is 11.8 Å². The maximum atomic E-state index is 15.7. The van der Waals surface area contributed by atoms with Crippen LogP contribution >= 0.6 is 22.9 Å². The van der Waals surface area contributed by atoms with Gasteiger partial charge in [-0.05, 0) is 62.8 Å². The number of fused-ring (bicyclic) bond motifs is 2. The molecule has 2 aliphatic heterocycles. The van der Waals surface area contributed by atoms with Gasteiger partial charge in [0.1, 0.15) is 5.67 Å². The van der Waals surface area contributed by atoms with Gasteiger partial charge in [-0.1, -0.05) is 18.5 Å². The van der Waals surface area contributed by atoms with Gasteiger partial charge in [-0.2, -0.15) is 13.2 Å². The lowest BCUT2D eigenvalue weighted by Gasteiger charge is -2.31. The Hall–Kier alpha value is -3.59. The zero-order valence-electron chi connectivity index (χ0n) is 24.2. The molecule has 45 heavy (non-hydrogen) atoms. The van der Waals surface area contributed by atoms with Gasteiger partial charge < -0.3 is 15.0 Å². The standard InChI is InChI=1S/C28H29ClFN5O2S.C2HF3O2/c1-2-33-15-24(36)35(25(37)16-33)14-20-13-23-27(38-20)21(3-7-32-23)22-12-19(29)11-18-4-10-34(26(18)22)17-28(30)5-8-31-9-6-28;3-2(4,5)1(6)7/h3-4,7,10-13,31H,2,5-6,8-9,14-17H2,1H3;(H,6,7). The van der Waals surface area contributed by atoms with Crippen LogP contribution in [0.1, 0.15) is 24.6 Å². The summed E-state index contributed by atoms with van der Waals surface area (Å²) in [5.41, 5.74) is 2.33. The number of halogens is 5. The Bertz CT molecular complexity index is 1730. The highest BCUT2D eigenvalue weighted by atomic mass is 35.5. The van der Waals surface area contributed by atoms with E-state index in [0.717, 1.165) is 37.1 Å². The second-order valence-electron chi connectivity index (χ2n) is 11.0. The summed E-state index contributed by atoms with van der Waals surface area (Å²) in [5, 5.41) is 11.9. The summed E-state index contributed by atoms with van der Waals surface area (Å²) in [5.74, 6) is -3.12. The fourth-order valence-corrected chi connectivity index (χ4v) is 6.93. The number of pyridine rings is 1. The summed E-state index contributed by atoms with van der Waals surface area (Å²) in [6.45, 7) is 4.97. The fraction of sp³-hybridized carbons (Fsp3) is 0.400. The lowest BCUT2D eigenvalue weighted by molar-refractivity contribution is -0.192. The van der Waals surface area contributed by atoms with Gasteiger partial charge in [-0.15, -0.1) is 11.3 Å². The number of nitrogens with zero attached hydrogens (tertiary/aromatic N) is 4. The molecule has 0 radical (unpaired) electrons. The largest absolute Gasteiger partial charge is 0.490 e. The van der Waals surface area contributed by atoms with Crippen LogP contribution in [0.25, 0.3) is 32.2 Å². The highest BCUT2D eigenvalue weighted by Crippen LogP contribution is 2.40. The average molecular weight is 668 g/mol. The van der Waals surface area contributed by atoms with Crippen molar-refractivity contribution in [3.05, 3.63) is 52.6 Å². The Morgan fingerprint density at radius 1 is 1.11 bits per heavy atom. The number of nitrogens with one attached hydrogen (secondary N) is 1. The number of benzene rings is 1. The molecule has 2 fully saturated rings. The van der Waals surface area contributed by atoms with Gasteiger partial charge in [-0.25, -0.2) is 9.18 Å². The molecule has 0 unspecified atom stereocenters. The molecule has 0 spiro atoms. The van der Waals surface area contributed by atoms with Crippen molar-refractivity contribution in [2.75, 3.05) is 32.7 Å². The van der Waals surface area contributed by atoms with E-state index in [2.05, 4.69) is 10.3 Å². The van der Waals surface area contributed by atoms with Gasteiger partial charge in [-0.3, -0.25) is 24.4 Å². The van der Waals surface area contributed by atoms with E-state index in [1.807, 2.05) is 52.9 Å². The molecule has 2 amide bonds. The van der Waals surface area contributed by atoms with Crippen LogP contribution in [0.15, 0.2) is 42.7 Å². The first kappa shape index (κ1) is 32.8. The third-order valence-corrected chi connectivity index (χ3v) is 9.22. The van der Waals surface area contributed by atoms with Crippen molar-refractivity contribution >= 4 is 61.8 Å². The molecule has 240 valence electrons. The normalized spacial score (nSPS) is 17.5. The van der Waals surface area contributed by atoms with Crippen molar-refractivity contribution in [2.45, 2.75) is 44.7 Å². The summed E-state index contributed by atoms with van der Waals surface area (Å²) in [7, 11) is 0. The lowest BCUT2D eigenvalue weighted by Crippen LogP contribution is -2.53. The predicted octanol–water partition coefficient (Wildman–Crippen LogP) is 5.49. The first-order valence-electron chi connectivity index (χ1n) is 14.2. The second-order valence-corrected chi connectivity index (χ2v) is 12.6. The maximum absolute atomic E-state index is 15.7. The first-order chi connectivity index (χ1) is 21.3. The number of imide groups is 1. The van der Waals surface area contributed by atoms with E-state index < -0.39 is 17.8 Å². The van der Waals surface area contributed by atoms with Gasteiger partial charge in [0.25, 0.3) is 0 Å². The number of piperidine rings is 1. The Morgan fingerprint density at radius 3 is 2.40 bits per heavy atom. The Morgan fingerprint density at radius 2 is 1.78 bits per heavy atom. The number of aliphatic carboxylic acids is 1. The quantitative estimate of drug-likeness (QED) is 0.207. The molecule has 2 saturated heterocycles. The average Bonchev–Trinajstić information content (AvgIpc) is 3.57. The minimum atomic E-state index is -5.08. The zero-order valence-corrected chi connectivity index (χ0v) is 25.7. The number of alkyl halides is 4. The third kappa shape index (κ3) is 7.29. The zero-order chi connectivity index (χ0) is 32.5. The molecule has 9 nitrogen and oxygen atoms in total. The Balaban J connectivity index is 0.000000515. The van der Waals surface area contributed by atoms with Gasteiger partial charge in [0, 0.05) is 38.8 Å². The number of piperazine rings is 1. The molecule has 2 aliphatic rings. The summed E-state index contributed by atoms with van der Waals surface area (Å²) in [6.07, 6.45) is -0.423. The van der Waals surface area contributed by atoms with Crippen LogP contribution < -0.4 is 5.32 Å². The number of rotatable bonds is 6. The second kappa shape index (κ2) is 13.0. The molecule has 0 saturated carbocycles. The fourth-order valence-electron chi connectivity index (χ4n) is 5.57. The molecule has 0 atom stereocenters. The number of hydrogen-bond donors (Lipinski definition) is 2. The topological polar surface area (TPSA) is 108 Å². The summed E-state index contributed by atoms with van der Waals surface area (Å²) in [4.78, 5) is 42.9. The van der Waals surface area contributed by atoms with E-state index in [1.54, 1.807) is 6.20 Å². The van der Waals surface area contributed by atoms with Crippen LogP contribution in [-0.2, 0) is 27.5 Å². The van der Waals surface area contributed by atoms with Crippen molar-refractivity contribution in [3.63, 3.8) is 0 Å². The number of carboxylic acid groups (broad SMARTS) is 1. The molecule has 3 aromatic heterocycles. The van der Waals surface area contributed by atoms with Crippen molar-refractivity contribution in [1.82, 2.24) is 24.7 Å². The molecule has 15 heteroatoms. The van der Waals surface area contributed by atoms with Crippen LogP contribution in [0.2, 0.25) is 5.02 Å². The summed E-state index contributed by atoms with van der Waals surface area (Å²) in [6, 6.07) is 9.73. The molecule has 1 aromatic carbocycles. The highest BCUT2D eigenvalue weighted by molar-refractivity contribution is 7.19. The van der Waals surface area contributed by atoms with Gasteiger partial charge in [0.15, 0.2) is 0 Å². The molecule has 4 aromatic rings. The number of thiophene rings is 1. The first-order valence-corrected chi connectivity index (χ1v) is 15.4. The van der Waals surface area contributed by atoms with Gasteiger partial charge in [0.05, 0.1) is 41.9 Å². The van der Waals surface area contributed by atoms with Crippen LogP contribution in [-0.4, -0.2) is 86.8 Å². The molecule has 0 aliphatic carbocycles. The summed E-state index contributed by atoms with van der Waals surface area (Å²) < 4.78 is 50.4. The number of hydrogen-bond acceptors (Lipinski definition) is 7. The third-order valence-electron chi connectivity index (χ3n) is 7.86. The minimum absolute atomic E-state index is 0.179. The van der Waals surface area contributed by atoms with Crippen LogP contribution in [0.3, 0.4) is 0 Å².